The Balaban J connectivity index is 1.03. The Labute approximate surface area is 313 Å². The molecule has 0 radical (unpaired) electrons. The highest BCUT2D eigenvalue weighted by Gasteiger charge is 2.18. The third-order valence-corrected chi connectivity index (χ3v) is 10.7. The summed E-state index contributed by atoms with van der Waals surface area (Å²) in [6.45, 7) is 0. The number of ether oxygens (including phenoxy) is 2. The maximum Gasteiger partial charge on any atom is 0.127 e. The third kappa shape index (κ3) is 5.07. The molecule has 0 amide bonds. The molecule has 0 saturated heterocycles. The van der Waals surface area contributed by atoms with E-state index in [9.17, 15) is 0 Å². The maximum atomic E-state index is 6.06. The van der Waals surface area contributed by atoms with Crippen molar-refractivity contribution in [3.05, 3.63) is 182 Å². The molecule has 0 N–H and O–H groups in total. The predicted octanol–water partition coefficient (Wildman–Crippen LogP) is 12.9. The molecular formula is C50H36N2O2. The Bertz CT molecular complexity index is 2800. The number of para-hydroxylation sites is 4. The van der Waals surface area contributed by atoms with Crippen LogP contribution in [0.2, 0.25) is 0 Å². The second-order valence-corrected chi connectivity index (χ2v) is 13.7. The van der Waals surface area contributed by atoms with E-state index >= 15 is 0 Å². The monoisotopic (exact) mass is 696 g/mol. The number of fused-ring (bicyclic) bond motifs is 6. The molecule has 8 aromatic carbocycles. The minimum Gasteiger partial charge on any atom is -0.496 e. The highest BCUT2D eigenvalue weighted by atomic mass is 16.5. The fraction of sp³-hybridized carbons (Fsp3) is 0.0400. The molecule has 0 aliphatic carbocycles. The van der Waals surface area contributed by atoms with Gasteiger partial charge in [0, 0.05) is 44.0 Å². The zero-order chi connectivity index (χ0) is 36.2. The molecule has 0 atom stereocenters. The number of rotatable bonds is 7. The first-order valence-corrected chi connectivity index (χ1v) is 18.2. The number of hydrogen-bond donors (Lipinski definition) is 0. The molecule has 258 valence electrons. The summed E-state index contributed by atoms with van der Waals surface area (Å²) in [7, 11) is 3.47. The van der Waals surface area contributed by atoms with Gasteiger partial charge in [-0.25, -0.2) is 0 Å². The van der Waals surface area contributed by atoms with Crippen LogP contribution in [0.3, 0.4) is 0 Å². The summed E-state index contributed by atoms with van der Waals surface area (Å²) >= 11 is 0. The van der Waals surface area contributed by atoms with Crippen LogP contribution in [0.25, 0.3) is 88.4 Å². The number of hydrogen-bond acceptors (Lipinski definition) is 2. The molecule has 0 aliphatic rings. The molecule has 0 saturated carbocycles. The smallest absolute Gasteiger partial charge is 0.127 e. The van der Waals surface area contributed by atoms with E-state index in [0.29, 0.717) is 0 Å². The van der Waals surface area contributed by atoms with Crippen molar-refractivity contribution in [1.82, 2.24) is 9.13 Å². The normalized spacial score (nSPS) is 11.5. The van der Waals surface area contributed by atoms with E-state index in [-0.39, 0.29) is 0 Å². The molecule has 0 bridgehead atoms. The quantitative estimate of drug-likeness (QED) is 0.166. The molecule has 54 heavy (non-hydrogen) atoms. The molecule has 2 aromatic heterocycles. The number of aromatic nitrogens is 2. The van der Waals surface area contributed by atoms with Crippen LogP contribution in [0.4, 0.5) is 0 Å². The number of nitrogens with zero attached hydrogens (tertiary/aromatic N) is 2. The minimum atomic E-state index is 0.792. The van der Waals surface area contributed by atoms with E-state index in [1.54, 1.807) is 14.2 Å². The van der Waals surface area contributed by atoms with Crippen LogP contribution in [-0.4, -0.2) is 23.4 Å². The van der Waals surface area contributed by atoms with Gasteiger partial charge in [-0.15, -0.1) is 0 Å². The Morgan fingerprint density at radius 3 is 1.09 bits per heavy atom. The van der Waals surface area contributed by atoms with Crippen LogP contribution in [0, 0.1) is 0 Å². The summed E-state index contributed by atoms with van der Waals surface area (Å²) in [6.07, 6.45) is 0. The van der Waals surface area contributed by atoms with Crippen LogP contribution in [-0.2, 0) is 0 Å². The van der Waals surface area contributed by atoms with Crippen LogP contribution < -0.4 is 9.47 Å². The van der Waals surface area contributed by atoms with Crippen molar-refractivity contribution >= 4 is 43.6 Å². The molecule has 4 nitrogen and oxygen atoms in total. The van der Waals surface area contributed by atoms with E-state index in [4.69, 9.17) is 9.47 Å². The van der Waals surface area contributed by atoms with E-state index in [1.807, 2.05) is 0 Å². The first-order chi connectivity index (χ1) is 26.7. The second-order valence-electron chi connectivity index (χ2n) is 13.7. The topological polar surface area (TPSA) is 28.3 Å². The molecule has 2 heterocycles. The van der Waals surface area contributed by atoms with E-state index in [2.05, 4.69) is 191 Å². The molecular weight excluding hydrogens is 661 g/mol. The zero-order valence-corrected chi connectivity index (χ0v) is 30.0. The fourth-order valence-corrected chi connectivity index (χ4v) is 8.20. The van der Waals surface area contributed by atoms with Crippen molar-refractivity contribution < 1.29 is 9.47 Å². The van der Waals surface area contributed by atoms with Gasteiger partial charge in [0.05, 0.1) is 36.3 Å². The zero-order valence-electron chi connectivity index (χ0n) is 30.0. The Hall–Kier alpha value is -7.04. The molecule has 0 aliphatic heterocycles. The average Bonchev–Trinajstić information content (AvgIpc) is 3.76. The summed E-state index contributed by atoms with van der Waals surface area (Å²) in [6, 6.07) is 64.8. The molecule has 0 spiro atoms. The minimum absolute atomic E-state index is 0.792. The van der Waals surface area contributed by atoms with Crippen molar-refractivity contribution in [2.45, 2.75) is 0 Å². The average molecular weight is 697 g/mol. The van der Waals surface area contributed by atoms with Crippen LogP contribution in [0.1, 0.15) is 0 Å². The van der Waals surface area contributed by atoms with Gasteiger partial charge < -0.3 is 18.6 Å². The van der Waals surface area contributed by atoms with Crippen LogP contribution in [0.5, 0.6) is 11.5 Å². The van der Waals surface area contributed by atoms with Gasteiger partial charge >= 0.3 is 0 Å². The molecule has 0 fully saturated rings. The Morgan fingerprint density at radius 2 is 0.667 bits per heavy atom. The van der Waals surface area contributed by atoms with E-state index in [0.717, 1.165) is 56.3 Å². The van der Waals surface area contributed by atoms with Crippen LogP contribution >= 0.6 is 0 Å². The van der Waals surface area contributed by atoms with Crippen molar-refractivity contribution in [2.24, 2.45) is 0 Å². The lowest BCUT2D eigenvalue weighted by atomic mass is 9.95. The lowest BCUT2D eigenvalue weighted by molar-refractivity contribution is 0.410. The van der Waals surface area contributed by atoms with E-state index < -0.39 is 0 Å². The highest BCUT2D eigenvalue weighted by molar-refractivity contribution is 6.11. The highest BCUT2D eigenvalue weighted by Crippen LogP contribution is 2.43. The first kappa shape index (κ1) is 31.7. The summed E-state index contributed by atoms with van der Waals surface area (Å²) in [5.41, 5.74) is 13.5. The Kier molecular flexibility index (Phi) is 7.55. The molecule has 0 unspecified atom stereocenters. The third-order valence-electron chi connectivity index (χ3n) is 10.7. The van der Waals surface area contributed by atoms with Gasteiger partial charge in [-0.3, -0.25) is 0 Å². The van der Waals surface area contributed by atoms with Gasteiger partial charge in [0.2, 0.25) is 0 Å². The van der Waals surface area contributed by atoms with Crippen LogP contribution in [0.15, 0.2) is 182 Å². The largest absolute Gasteiger partial charge is 0.496 e. The molecule has 10 rings (SSSR count). The van der Waals surface area contributed by atoms with Crippen molar-refractivity contribution in [2.75, 3.05) is 14.2 Å². The van der Waals surface area contributed by atoms with E-state index in [1.165, 1.54) is 43.6 Å². The number of methoxy groups -OCH3 is 2. The summed E-state index contributed by atoms with van der Waals surface area (Å²) in [4.78, 5) is 0. The lowest BCUT2D eigenvalue weighted by Gasteiger charge is -2.16. The number of benzene rings is 8. The lowest BCUT2D eigenvalue weighted by Crippen LogP contribution is -1.94. The van der Waals surface area contributed by atoms with Gasteiger partial charge in [0.15, 0.2) is 0 Å². The molecule has 4 heteroatoms. The maximum absolute atomic E-state index is 6.06. The first-order valence-electron chi connectivity index (χ1n) is 18.2. The van der Waals surface area contributed by atoms with Gasteiger partial charge in [0.25, 0.3) is 0 Å². The summed E-state index contributed by atoms with van der Waals surface area (Å²) < 4.78 is 16.8. The van der Waals surface area contributed by atoms with Crippen molar-refractivity contribution in [3.8, 4) is 56.3 Å². The predicted molar refractivity (Wildman–Crippen MR) is 225 cm³/mol. The van der Waals surface area contributed by atoms with Gasteiger partial charge in [-0.05, 0) is 107 Å². The van der Waals surface area contributed by atoms with Gasteiger partial charge in [-0.2, -0.15) is 0 Å². The van der Waals surface area contributed by atoms with Gasteiger partial charge in [0.1, 0.15) is 11.5 Å². The van der Waals surface area contributed by atoms with Crippen molar-refractivity contribution in [1.29, 1.82) is 0 Å². The van der Waals surface area contributed by atoms with Crippen molar-refractivity contribution in [3.63, 3.8) is 0 Å². The standard InChI is InChI=1S/C50H36N2O2/c1-53-49-31-35(33-23-27-47-43(29-33)39-17-9-11-19-45(39)51(47)37-13-5-3-6-14-37)21-25-41(49)42-26-22-36(32-50(42)54-2)34-24-28-48-44(30-34)40-18-10-12-20-46(40)52(48)38-15-7-4-8-16-38/h3-32H,1-2H3. The van der Waals surface area contributed by atoms with Gasteiger partial charge in [-0.1, -0.05) is 97.1 Å². The fourth-order valence-electron chi connectivity index (χ4n) is 8.20. The second kappa shape index (κ2) is 12.9. The SMILES string of the molecule is COc1cc(-c2ccc3c(c2)c2ccccc2n3-c2ccccc2)ccc1-c1ccc(-c2ccc3c(c2)c2ccccc2n3-c2ccccc2)cc1OC. The summed E-state index contributed by atoms with van der Waals surface area (Å²) in [5, 5.41) is 4.89. The Morgan fingerprint density at radius 1 is 0.315 bits per heavy atom. The molecule has 10 aromatic rings. The summed E-state index contributed by atoms with van der Waals surface area (Å²) in [5.74, 6) is 1.58.